The maximum atomic E-state index is 4.79. The van der Waals surface area contributed by atoms with Crippen molar-refractivity contribution in [3.8, 4) is 0 Å². The summed E-state index contributed by atoms with van der Waals surface area (Å²) < 4.78 is 0. The van der Waals surface area contributed by atoms with E-state index >= 15 is 0 Å². The van der Waals surface area contributed by atoms with Gasteiger partial charge in [0.25, 0.3) is 0 Å². The summed E-state index contributed by atoms with van der Waals surface area (Å²) in [5.74, 6) is 1.80. The summed E-state index contributed by atoms with van der Waals surface area (Å²) in [5, 5.41) is 3.75. The van der Waals surface area contributed by atoms with Crippen LogP contribution in [0, 0.1) is 0 Å². The smallest absolute Gasteiger partial charge is 0.194 e. The van der Waals surface area contributed by atoms with Crippen molar-refractivity contribution in [3.05, 3.63) is 35.9 Å². The SMILES string of the molecule is CCN=C(NC1CC1c1ccccc1)N1CCC(N2CCCC2)C1. The Kier molecular flexibility index (Phi) is 4.74. The van der Waals surface area contributed by atoms with Gasteiger partial charge in [-0.05, 0) is 51.3 Å². The molecule has 3 aliphatic rings. The van der Waals surface area contributed by atoms with Crippen molar-refractivity contribution < 1.29 is 0 Å². The van der Waals surface area contributed by atoms with E-state index in [1.165, 1.54) is 44.3 Å². The van der Waals surface area contributed by atoms with Crippen LogP contribution in [-0.2, 0) is 0 Å². The molecule has 4 rings (SSSR count). The summed E-state index contributed by atoms with van der Waals surface area (Å²) in [6.45, 7) is 7.88. The Hall–Kier alpha value is -1.55. The molecule has 4 nitrogen and oxygen atoms in total. The van der Waals surface area contributed by atoms with E-state index in [9.17, 15) is 0 Å². The molecule has 0 amide bonds. The summed E-state index contributed by atoms with van der Waals surface area (Å²) in [4.78, 5) is 9.97. The first-order valence-corrected chi connectivity index (χ1v) is 9.70. The molecule has 1 saturated carbocycles. The molecule has 1 aromatic rings. The van der Waals surface area contributed by atoms with E-state index in [4.69, 9.17) is 4.99 Å². The summed E-state index contributed by atoms with van der Waals surface area (Å²) >= 11 is 0. The van der Waals surface area contributed by atoms with E-state index < -0.39 is 0 Å². The highest BCUT2D eigenvalue weighted by atomic mass is 15.4. The van der Waals surface area contributed by atoms with E-state index in [2.05, 4.69) is 52.4 Å². The second-order valence-corrected chi connectivity index (χ2v) is 7.43. The first-order valence-electron chi connectivity index (χ1n) is 9.70. The lowest BCUT2D eigenvalue weighted by Crippen LogP contribution is -2.43. The lowest BCUT2D eigenvalue weighted by molar-refractivity contribution is 0.249. The standard InChI is InChI=1S/C20H30N4/c1-2-21-20(22-19-14-18(19)16-8-4-3-5-9-16)24-13-10-17(15-24)23-11-6-7-12-23/h3-5,8-9,17-19H,2,6-7,10-15H2,1H3,(H,21,22). The van der Waals surface area contributed by atoms with Gasteiger partial charge in [0.2, 0.25) is 0 Å². The topological polar surface area (TPSA) is 30.9 Å². The van der Waals surface area contributed by atoms with E-state index in [-0.39, 0.29) is 0 Å². The molecule has 0 radical (unpaired) electrons. The van der Waals surface area contributed by atoms with Gasteiger partial charge in [0.1, 0.15) is 0 Å². The number of aliphatic imine (C=N–C) groups is 1. The zero-order valence-corrected chi connectivity index (χ0v) is 14.8. The second-order valence-electron chi connectivity index (χ2n) is 7.43. The number of benzene rings is 1. The number of hydrogen-bond acceptors (Lipinski definition) is 2. The van der Waals surface area contributed by atoms with Gasteiger partial charge >= 0.3 is 0 Å². The van der Waals surface area contributed by atoms with Crippen molar-refractivity contribution in [2.75, 3.05) is 32.7 Å². The highest BCUT2D eigenvalue weighted by molar-refractivity contribution is 5.81. The van der Waals surface area contributed by atoms with Crippen LogP contribution < -0.4 is 5.32 Å². The van der Waals surface area contributed by atoms with Gasteiger partial charge in [0.05, 0.1) is 0 Å². The van der Waals surface area contributed by atoms with Gasteiger partial charge in [-0.1, -0.05) is 30.3 Å². The second kappa shape index (κ2) is 7.14. The third-order valence-electron chi connectivity index (χ3n) is 5.76. The summed E-state index contributed by atoms with van der Waals surface area (Å²) in [5.41, 5.74) is 1.46. The van der Waals surface area contributed by atoms with Crippen molar-refractivity contribution in [1.82, 2.24) is 15.1 Å². The van der Waals surface area contributed by atoms with Crippen molar-refractivity contribution in [3.63, 3.8) is 0 Å². The zero-order chi connectivity index (χ0) is 16.4. The van der Waals surface area contributed by atoms with Gasteiger partial charge in [-0.2, -0.15) is 0 Å². The third-order valence-corrected chi connectivity index (χ3v) is 5.76. The van der Waals surface area contributed by atoms with E-state index in [1.54, 1.807) is 0 Å². The number of nitrogens with one attached hydrogen (secondary N) is 1. The molecule has 130 valence electrons. The Balaban J connectivity index is 1.35. The largest absolute Gasteiger partial charge is 0.353 e. The summed E-state index contributed by atoms with van der Waals surface area (Å²) in [6.07, 6.45) is 5.28. The fourth-order valence-electron chi connectivity index (χ4n) is 4.31. The van der Waals surface area contributed by atoms with Crippen LogP contribution in [0.15, 0.2) is 35.3 Å². The summed E-state index contributed by atoms with van der Waals surface area (Å²) in [6, 6.07) is 12.2. The fraction of sp³-hybridized carbons (Fsp3) is 0.650. The summed E-state index contributed by atoms with van der Waals surface area (Å²) in [7, 11) is 0. The number of rotatable bonds is 4. The van der Waals surface area contributed by atoms with Crippen molar-refractivity contribution in [2.45, 2.75) is 50.6 Å². The van der Waals surface area contributed by atoms with Crippen LogP contribution in [0.5, 0.6) is 0 Å². The first kappa shape index (κ1) is 15.9. The van der Waals surface area contributed by atoms with E-state index in [0.29, 0.717) is 12.0 Å². The monoisotopic (exact) mass is 326 g/mol. The maximum absolute atomic E-state index is 4.79. The predicted molar refractivity (Wildman–Crippen MR) is 99.5 cm³/mol. The molecule has 4 heteroatoms. The highest BCUT2D eigenvalue weighted by Crippen LogP contribution is 2.40. The van der Waals surface area contributed by atoms with Gasteiger partial charge < -0.3 is 10.2 Å². The highest BCUT2D eigenvalue weighted by Gasteiger charge is 2.40. The molecule has 3 atom stereocenters. The van der Waals surface area contributed by atoms with Crippen LogP contribution >= 0.6 is 0 Å². The van der Waals surface area contributed by atoms with Crippen LogP contribution in [0.2, 0.25) is 0 Å². The molecule has 0 bridgehead atoms. The first-order chi connectivity index (χ1) is 11.8. The molecule has 24 heavy (non-hydrogen) atoms. The molecule has 2 aliphatic heterocycles. The van der Waals surface area contributed by atoms with Gasteiger partial charge in [0, 0.05) is 37.6 Å². The number of hydrogen-bond donors (Lipinski definition) is 1. The minimum absolute atomic E-state index is 0.559. The van der Waals surface area contributed by atoms with Crippen LogP contribution in [0.3, 0.4) is 0 Å². The van der Waals surface area contributed by atoms with Crippen LogP contribution in [0.25, 0.3) is 0 Å². The lowest BCUT2D eigenvalue weighted by atomic mass is 10.1. The molecule has 0 spiro atoms. The van der Waals surface area contributed by atoms with Gasteiger partial charge in [0.15, 0.2) is 5.96 Å². The van der Waals surface area contributed by atoms with Gasteiger partial charge in [-0.3, -0.25) is 9.89 Å². The van der Waals surface area contributed by atoms with Crippen molar-refractivity contribution in [1.29, 1.82) is 0 Å². The maximum Gasteiger partial charge on any atom is 0.194 e. The fourth-order valence-corrected chi connectivity index (χ4v) is 4.31. The van der Waals surface area contributed by atoms with Crippen LogP contribution in [-0.4, -0.2) is 60.6 Å². The normalized spacial score (nSPS) is 30.8. The van der Waals surface area contributed by atoms with Crippen molar-refractivity contribution in [2.24, 2.45) is 4.99 Å². The average molecular weight is 326 g/mol. The minimum atomic E-state index is 0.559. The van der Waals surface area contributed by atoms with E-state index in [0.717, 1.165) is 31.6 Å². The number of likely N-dealkylation sites (tertiary alicyclic amines) is 2. The van der Waals surface area contributed by atoms with Gasteiger partial charge in [-0.25, -0.2) is 0 Å². The molecule has 3 unspecified atom stereocenters. The van der Waals surface area contributed by atoms with Crippen LogP contribution in [0.1, 0.15) is 44.1 Å². The van der Waals surface area contributed by atoms with Gasteiger partial charge in [-0.15, -0.1) is 0 Å². The molecule has 1 aromatic carbocycles. The average Bonchev–Trinajstić information content (AvgIpc) is 3.04. The predicted octanol–water partition coefficient (Wildman–Crippen LogP) is 2.68. The Morgan fingerprint density at radius 1 is 1.17 bits per heavy atom. The minimum Gasteiger partial charge on any atom is -0.353 e. The number of nitrogens with zero attached hydrogens (tertiary/aromatic N) is 3. The Morgan fingerprint density at radius 2 is 1.96 bits per heavy atom. The molecule has 0 aromatic heterocycles. The van der Waals surface area contributed by atoms with Crippen molar-refractivity contribution >= 4 is 5.96 Å². The van der Waals surface area contributed by atoms with Crippen LogP contribution in [0.4, 0.5) is 0 Å². The number of guanidine groups is 1. The molecule has 2 saturated heterocycles. The molecular weight excluding hydrogens is 296 g/mol. The Labute approximate surface area is 145 Å². The zero-order valence-electron chi connectivity index (χ0n) is 14.8. The molecule has 3 fully saturated rings. The quantitative estimate of drug-likeness (QED) is 0.682. The lowest BCUT2D eigenvalue weighted by Gasteiger charge is -2.25. The molecule has 1 N–H and O–H groups in total. The third kappa shape index (κ3) is 3.44. The van der Waals surface area contributed by atoms with E-state index in [1.807, 2.05) is 0 Å². The Morgan fingerprint density at radius 3 is 2.71 bits per heavy atom. The molecule has 2 heterocycles. The molecule has 1 aliphatic carbocycles. The Bertz CT molecular complexity index is 564. The molecular formula is C20H30N4.